The molecule has 2 rings (SSSR count). The van der Waals surface area contributed by atoms with Crippen LogP contribution >= 0.6 is 0 Å². The fourth-order valence-corrected chi connectivity index (χ4v) is 2.98. The zero-order valence-electron chi connectivity index (χ0n) is 16.1. The molecular weight excluding hydrogens is 332 g/mol. The first-order valence-electron chi connectivity index (χ1n) is 9.36. The molecule has 1 atom stereocenters. The number of methoxy groups -OCH3 is 1. The molecule has 1 heterocycles. The summed E-state index contributed by atoms with van der Waals surface area (Å²) in [5, 5.41) is 0. The molecule has 1 fully saturated rings. The van der Waals surface area contributed by atoms with Gasteiger partial charge in [0.1, 0.15) is 11.9 Å². The SMILES string of the molecule is CCCCOC(C)C(=O)N1CCN(C(=O)Cc2cccc(OC)c2)CC1. The lowest BCUT2D eigenvalue weighted by Crippen LogP contribution is -2.53. The molecule has 1 aromatic carbocycles. The number of amides is 2. The molecule has 1 aromatic rings. The van der Waals surface area contributed by atoms with Gasteiger partial charge in [0.05, 0.1) is 13.5 Å². The summed E-state index contributed by atoms with van der Waals surface area (Å²) in [6, 6.07) is 7.56. The second-order valence-electron chi connectivity index (χ2n) is 6.60. The summed E-state index contributed by atoms with van der Waals surface area (Å²) in [5.74, 6) is 0.848. The molecule has 6 nitrogen and oxygen atoms in total. The number of carbonyl (C=O) groups is 2. The Kier molecular flexibility index (Phi) is 7.91. The minimum atomic E-state index is -0.416. The molecule has 0 radical (unpaired) electrons. The second kappa shape index (κ2) is 10.2. The van der Waals surface area contributed by atoms with E-state index >= 15 is 0 Å². The largest absolute Gasteiger partial charge is 0.497 e. The van der Waals surface area contributed by atoms with Crippen molar-refractivity contribution < 1.29 is 19.1 Å². The predicted molar refractivity (Wildman–Crippen MR) is 100 cm³/mol. The van der Waals surface area contributed by atoms with E-state index in [0.29, 0.717) is 39.2 Å². The van der Waals surface area contributed by atoms with Crippen LogP contribution in [0.3, 0.4) is 0 Å². The highest BCUT2D eigenvalue weighted by atomic mass is 16.5. The van der Waals surface area contributed by atoms with E-state index in [0.717, 1.165) is 24.2 Å². The standard InChI is InChI=1S/C20H30N2O4/c1-4-5-13-26-16(2)20(24)22-11-9-21(10-12-22)19(23)15-17-7-6-8-18(14-17)25-3/h6-8,14,16H,4-5,9-13,15H2,1-3H3. The molecule has 144 valence electrons. The van der Waals surface area contributed by atoms with Crippen molar-refractivity contribution >= 4 is 11.8 Å². The lowest BCUT2D eigenvalue weighted by atomic mass is 10.1. The number of unbranched alkanes of at least 4 members (excludes halogenated alkanes) is 1. The first-order chi connectivity index (χ1) is 12.5. The number of piperazine rings is 1. The molecule has 0 aromatic heterocycles. The third kappa shape index (κ3) is 5.73. The smallest absolute Gasteiger partial charge is 0.251 e. The number of ether oxygens (including phenoxy) is 2. The van der Waals surface area contributed by atoms with Gasteiger partial charge in [-0.1, -0.05) is 25.5 Å². The Morgan fingerprint density at radius 3 is 2.50 bits per heavy atom. The Balaban J connectivity index is 1.79. The van der Waals surface area contributed by atoms with E-state index in [9.17, 15) is 9.59 Å². The van der Waals surface area contributed by atoms with Gasteiger partial charge < -0.3 is 19.3 Å². The lowest BCUT2D eigenvalue weighted by Gasteiger charge is -2.36. The maximum absolute atomic E-state index is 12.5. The van der Waals surface area contributed by atoms with E-state index in [-0.39, 0.29) is 11.8 Å². The molecule has 1 aliphatic heterocycles. The molecule has 0 saturated carbocycles. The zero-order chi connectivity index (χ0) is 18.9. The average molecular weight is 362 g/mol. The van der Waals surface area contributed by atoms with Crippen LogP contribution in [0.1, 0.15) is 32.3 Å². The third-order valence-corrected chi connectivity index (χ3v) is 4.65. The highest BCUT2D eigenvalue weighted by Gasteiger charge is 2.27. The van der Waals surface area contributed by atoms with Crippen LogP contribution in [0, 0.1) is 0 Å². The van der Waals surface area contributed by atoms with Gasteiger partial charge in [-0.05, 0) is 31.0 Å². The van der Waals surface area contributed by atoms with Crippen LogP contribution < -0.4 is 4.74 Å². The molecule has 0 spiro atoms. The van der Waals surface area contributed by atoms with Crippen LogP contribution in [-0.2, 0) is 20.7 Å². The van der Waals surface area contributed by atoms with Crippen molar-refractivity contribution in [2.75, 3.05) is 39.9 Å². The Morgan fingerprint density at radius 2 is 1.85 bits per heavy atom. The summed E-state index contributed by atoms with van der Waals surface area (Å²) in [5.41, 5.74) is 0.936. The zero-order valence-corrected chi connectivity index (χ0v) is 16.1. The molecule has 0 bridgehead atoms. The second-order valence-corrected chi connectivity index (χ2v) is 6.60. The number of hydrogen-bond donors (Lipinski definition) is 0. The summed E-state index contributed by atoms with van der Waals surface area (Å²) in [6.45, 7) is 6.76. The number of benzene rings is 1. The van der Waals surface area contributed by atoms with Gasteiger partial charge in [-0.15, -0.1) is 0 Å². The van der Waals surface area contributed by atoms with E-state index < -0.39 is 6.10 Å². The molecule has 1 aliphatic rings. The van der Waals surface area contributed by atoms with Crippen molar-refractivity contribution in [2.45, 2.75) is 39.2 Å². The highest BCUT2D eigenvalue weighted by molar-refractivity contribution is 5.82. The van der Waals surface area contributed by atoms with E-state index in [1.165, 1.54) is 0 Å². The van der Waals surface area contributed by atoms with Gasteiger partial charge in [-0.2, -0.15) is 0 Å². The van der Waals surface area contributed by atoms with Gasteiger partial charge in [0.25, 0.3) is 5.91 Å². The van der Waals surface area contributed by atoms with Crippen molar-refractivity contribution in [1.82, 2.24) is 9.80 Å². The first-order valence-corrected chi connectivity index (χ1v) is 9.36. The van der Waals surface area contributed by atoms with Gasteiger partial charge in [0.15, 0.2) is 0 Å². The van der Waals surface area contributed by atoms with Gasteiger partial charge in [-0.3, -0.25) is 9.59 Å². The molecule has 0 N–H and O–H groups in total. The maximum atomic E-state index is 12.5. The summed E-state index contributed by atoms with van der Waals surface area (Å²) < 4.78 is 10.8. The number of hydrogen-bond acceptors (Lipinski definition) is 4. The van der Waals surface area contributed by atoms with Crippen molar-refractivity contribution in [3.05, 3.63) is 29.8 Å². The molecule has 0 aliphatic carbocycles. The fourth-order valence-electron chi connectivity index (χ4n) is 2.98. The highest BCUT2D eigenvalue weighted by Crippen LogP contribution is 2.14. The fraction of sp³-hybridized carbons (Fsp3) is 0.600. The molecular formula is C20H30N2O4. The van der Waals surface area contributed by atoms with Gasteiger partial charge in [-0.25, -0.2) is 0 Å². The number of nitrogens with zero attached hydrogens (tertiary/aromatic N) is 2. The predicted octanol–water partition coefficient (Wildman–Crippen LogP) is 2.11. The molecule has 1 saturated heterocycles. The normalized spacial score (nSPS) is 15.7. The van der Waals surface area contributed by atoms with Crippen LogP contribution in [0.4, 0.5) is 0 Å². The Bertz CT molecular complexity index is 597. The lowest BCUT2D eigenvalue weighted by molar-refractivity contribution is -0.147. The first kappa shape index (κ1) is 20.2. The Morgan fingerprint density at radius 1 is 1.15 bits per heavy atom. The van der Waals surface area contributed by atoms with Crippen LogP contribution in [0.5, 0.6) is 5.75 Å². The quantitative estimate of drug-likeness (QED) is 0.665. The van der Waals surface area contributed by atoms with Gasteiger partial charge in [0.2, 0.25) is 5.91 Å². The third-order valence-electron chi connectivity index (χ3n) is 4.65. The van der Waals surface area contributed by atoms with E-state index in [2.05, 4.69) is 6.92 Å². The maximum Gasteiger partial charge on any atom is 0.251 e. The summed E-state index contributed by atoms with van der Waals surface area (Å²) >= 11 is 0. The number of rotatable bonds is 8. The van der Waals surface area contributed by atoms with Crippen molar-refractivity contribution in [3.63, 3.8) is 0 Å². The summed E-state index contributed by atoms with van der Waals surface area (Å²) in [6.07, 6.45) is 1.95. The van der Waals surface area contributed by atoms with Gasteiger partial charge in [0, 0.05) is 32.8 Å². The van der Waals surface area contributed by atoms with Crippen molar-refractivity contribution in [2.24, 2.45) is 0 Å². The Hall–Kier alpha value is -2.08. The van der Waals surface area contributed by atoms with Crippen LogP contribution in [0.2, 0.25) is 0 Å². The average Bonchev–Trinajstić information content (AvgIpc) is 2.67. The van der Waals surface area contributed by atoms with E-state index in [1.54, 1.807) is 18.9 Å². The van der Waals surface area contributed by atoms with E-state index in [1.807, 2.05) is 29.2 Å². The van der Waals surface area contributed by atoms with Crippen LogP contribution in [0.25, 0.3) is 0 Å². The van der Waals surface area contributed by atoms with Crippen molar-refractivity contribution in [3.8, 4) is 5.75 Å². The molecule has 1 unspecified atom stereocenters. The molecule has 6 heteroatoms. The topological polar surface area (TPSA) is 59.1 Å². The minimum absolute atomic E-state index is 0.0148. The van der Waals surface area contributed by atoms with E-state index in [4.69, 9.17) is 9.47 Å². The van der Waals surface area contributed by atoms with Crippen molar-refractivity contribution in [1.29, 1.82) is 0 Å². The van der Waals surface area contributed by atoms with Crippen LogP contribution in [0.15, 0.2) is 24.3 Å². The minimum Gasteiger partial charge on any atom is -0.497 e. The van der Waals surface area contributed by atoms with Crippen LogP contribution in [-0.4, -0.2) is 67.6 Å². The monoisotopic (exact) mass is 362 g/mol. The summed E-state index contributed by atoms with van der Waals surface area (Å²) in [7, 11) is 1.62. The molecule has 26 heavy (non-hydrogen) atoms. The summed E-state index contributed by atoms with van der Waals surface area (Å²) in [4.78, 5) is 28.5. The number of carbonyl (C=O) groups excluding carboxylic acids is 2. The Labute approximate surface area is 156 Å². The molecule has 2 amide bonds. The van der Waals surface area contributed by atoms with Gasteiger partial charge >= 0.3 is 0 Å².